The molecule has 1 N–H and O–H groups in total. The van der Waals surface area contributed by atoms with Crippen molar-refractivity contribution in [2.75, 3.05) is 33.4 Å². The van der Waals surface area contributed by atoms with Gasteiger partial charge in [-0.1, -0.05) is 37.6 Å². The van der Waals surface area contributed by atoms with Gasteiger partial charge in [-0.2, -0.15) is 0 Å². The first-order chi connectivity index (χ1) is 9.80. The maximum absolute atomic E-state index is 5.66. The minimum atomic E-state index is 0.747. The molecule has 0 aliphatic carbocycles. The van der Waals surface area contributed by atoms with Crippen molar-refractivity contribution in [1.29, 1.82) is 0 Å². The summed E-state index contributed by atoms with van der Waals surface area (Å²) in [5, 5.41) is 3.38. The second kappa shape index (κ2) is 10.5. The van der Waals surface area contributed by atoms with Crippen molar-refractivity contribution in [3.05, 3.63) is 35.4 Å². The molecular formula is C17H27NO2. The molecular weight excluding hydrogens is 250 g/mol. The molecule has 0 saturated heterocycles. The number of methoxy groups -OCH3 is 1. The molecule has 3 nitrogen and oxygen atoms in total. The van der Waals surface area contributed by atoms with Gasteiger partial charge in [0.25, 0.3) is 0 Å². The summed E-state index contributed by atoms with van der Waals surface area (Å²) in [7, 11) is 1.72. The van der Waals surface area contributed by atoms with Gasteiger partial charge in [-0.15, -0.1) is 0 Å². The third-order valence-corrected chi connectivity index (χ3v) is 2.99. The Morgan fingerprint density at radius 2 is 2.10 bits per heavy atom. The van der Waals surface area contributed by atoms with Crippen LogP contribution < -0.4 is 10.1 Å². The largest absolute Gasteiger partial charge is 0.494 e. The summed E-state index contributed by atoms with van der Waals surface area (Å²) in [6.45, 7) is 7.60. The van der Waals surface area contributed by atoms with Crippen molar-refractivity contribution in [1.82, 2.24) is 5.32 Å². The van der Waals surface area contributed by atoms with Crippen molar-refractivity contribution in [2.45, 2.75) is 26.7 Å². The summed E-state index contributed by atoms with van der Waals surface area (Å²) in [6.07, 6.45) is 4.31. The summed E-state index contributed by atoms with van der Waals surface area (Å²) in [5.74, 6) is 0.948. The van der Waals surface area contributed by atoms with Crippen LogP contribution in [0.4, 0.5) is 0 Å². The van der Waals surface area contributed by atoms with Crippen molar-refractivity contribution in [3.8, 4) is 5.75 Å². The van der Waals surface area contributed by atoms with Gasteiger partial charge < -0.3 is 14.8 Å². The van der Waals surface area contributed by atoms with Crippen LogP contribution in [0, 0.1) is 0 Å². The van der Waals surface area contributed by atoms with Crippen LogP contribution in [0.15, 0.2) is 29.8 Å². The number of ether oxygens (including phenoxy) is 2. The van der Waals surface area contributed by atoms with Crippen LogP contribution in [0.5, 0.6) is 5.75 Å². The summed E-state index contributed by atoms with van der Waals surface area (Å²) in [5.41, 5.74) is 2.58. The molecule has 0 bridgehead atoms. The van der Waals surface area contributed by atoms with Gasteiger partial charge >= 0.3 is 0 Å². The molecule has 0 aromatic heterocycles. The Hall–Kier alpha value is -1.32. The molecule has 20 heavy (non-hydrogen) atoms. The zero-order valence-electron chi connectivity index (χ0n) is 12.9. The molecule has 3 heteroatoms. The second-order valence-corrected chi connectivity index (χ2v) is 4.75. The first-order valence-corrected chi connectivity index (χ1v) is 7.42. The summed E-state index contributed by atoms with van der Waals surface area (Å²) in [6, 6.07) is 8.27. The minimum absolute atomic E-state index is 0.747. The monoisotopic (exact) mass is 277 g/mol. The van der Waals surface area contributed by atoms with E-state index in [-0.39, 0.29) is 0 Å². The number of hydrogen-bond donors (Lipinski definition) is 1. The molecule has 112 valence electrons. The SMILES string of the molecule is CCCOc1cccc(C=C(CC)CNCCOC)c1. The standard InChI is InChI=1S/C17H27NO2/c1-4-10-20-17-8-6-7-16(13-17)12-15(5-2)14-18-9-11-19-3/h6-8,12-13,18H,4-5,9-11,14H2,1-3H3. The van der Waals surface area contributed by atoms with Crippen LogP contribution in [0.2, 0.25) is 0 Å². The molecule has 0 atom stereocenters. The van der Waals surface area contributed by atoms with Gasteiger partial charge in [-0.3, -0.25) is 0 Å². The molecule has 0 amide bonds. The van der Waals surface area contributed by atoms with E-state index in [2.05, 4.69) is 37.4 Å². The molecule has 0 aliphatic rings. The Balaban J connectivity index is 2.59. The fourth-order valence-electron chi connectivity index (χ4n) is 1.85. The molecule has 0 heterocycles. The molecule has 0 spiro atoms. The van der Waals surface area contributed by atoms with E-state index in [0.29, 0.717) is 0 Å². The van der Waals surface area contributed by atoms with E-state index in [1.54, 1.807) is 7.11 Å². The lowest BCUT2D eigenvalue weighted by molar-refractivity contribution is 0.200. The Bertz CT molecular complexity index is 402. The summed E-state index contributed by atoms with van der Waals surface area (Å²) < 4.78 is 10.7. The second-order valence-electron chi connectivity index (χ2n) is 4.75. The van der Waals surface area contributed by atoms with Gasteiger partial charge in [-0.05, 0) is 30.5 Å². The average molecular weight is 277 g/mol. The van der Waals surface area contributed by atoms with Crippen molar-refractivity contribution >= 4 is 6.08 Å². The predicted octanol–water partition coefficient (Wildman–Crippen LogP) is 3.50. The van der Waals surface area contributed by atoms with Gasteiger partial charge in [0, 0.05) is 20.2 Å². The van der Waals surface area contributed by atoms with E-state index in [1.807, 2.05) is 12.1 Å². The summed E-state index contributed by atoms with van der Waals surface area (Å²) >= 11 is 0. The molecule has 1 rings (SSSR count). The van der Waals surface area contributed by atoms with Crippen molar-refractivity contribution in [3.63, 3.8) is 0 Å². The third kappa shape index (κ3) is 6.73. The zero-order chi connectivity index (χ0) is 14.6. The highest BCUT2D eigenvalue weighted by Gasteiger charge is 1.98. The topological polar surface area (TPSA) is 30.5 Å². The first-order valence-electron chi connectivity index (χ1n) is 7.42. The van der Waals surface area contributed by atoms with E-state index in [1.165, 1.54) is 11.1 Å². The molecule has 0 saturated carbocycles. The highest BCUT2D eigenvalue weighted by molar-refractivity contribution is 5.55. The van der Waals surface area contributed by atoms with Crippen LogP contribution in [0.1, 0.15) is 32.3 Å². The number of benzene rings is 1. The lowest BCUT2D eigenvalue weighted by Gasteiger charge is -2.08. The first kappa shape index (κ1) is 16.7. The number of rotatable bonds is 10. The molecule has 0 radical (unpaired) electrons. The lowest BCUT2D eigenvalue weighted by Crippen LogP contribution is -2.21. The van der Waals surface area contributed by atoms with Crippen molar-refractivity contribution in [2.24, 2.45) is 0 Å². The molecule has 1 aromatic carbocycles. The Morgan fingerprint density at radius 1 is 1.25 bits per heavy atom. The van der Waals surface area contributed by atoms with Crippen LogP contribution in [-0.4, -0.2) is 33.4 Å². The lowest BCUT2D eigenvalue weighted by atomic mass is 10.1. The van der Waals surface area contributed by atoms with Gasteiger partial charge in [0.2, 0.25) is 0 Å². The Morgan fingerprint density at radius 3 is 2.80 bits per heavy atom. The van der Waals surface area contributed by atoms with E-state index >= 15 is 0 Å². The van der Waals surface area contributed by atoms with E-state index < -0.39 is 0 Å². The molecule has 0 unspecified atom stereocenters. The quantitative estimate of drug-likeness (QED) is 0.664. The molecule has 1 aromatic rings. The fraction of sp³-hybridized carbons (Fsp3) is 0.529. The van der Waals surface area contributed by atoms with Gasteiger partial charge in [0.05, 0.1) is 13.2 Å². The van der Waals surface area contributed by atoms with E-state index in [9.17, 15) is 0 Å². The van der Waals surface area contributed by atoms with Gasteiger partial charge in [0.15, 0.2) is 0 Å². The minimum Gasteiger partial charge on any atom is -0.494 e. The number of nitrogens with one attached hydrogen (secondary N) is 1. The maximum Gasteiger partial charge on any atom is 0.119 e. The van der Waals surface area contributed by atoms with Crippen LogP contribution in [0.25, 0.3) is 6.08 Å². The smallest absolute Gasteiger partial charge is 0.119 e. The average Bonchev–Trinajstić information content (AvgIpc) is 2.48. The maximum atomic E-state index is 5.66. The van der Waals surface area contributed by atoms with Crippen LogP contribution in [0.3, 0.4) is 0 Å². The van der Waals surface area contributed by atoms with E-state index in [0.717, 1.165) is 44.9 Å². The summed E-state index contributed by atoms with van der Waals surface area (Å²) in [4.78, 5) is 0. The molecule has 0 aliphatic heterocycles. The van der Waals surface area contributed by atoms with E-state index in [4.69, 9.17) is 9.47 Å². The van der Waals surface area contributed by atoms with Crippen LogP contribution >= 0.6 is 0 Å². The third-order valence-electron chi connectivity index (χ3n) is 2.99. The highest BCUT2D eigenvalue weighted by Crippen LogP contribution is 2.17. The van der Waals surface area contributed by atoms with Gasteiger partial charge in [-0.25, -0.2) is 0 Å². The van der Waals surface area contributed by atoms with Gasteiger partial charge in [0.1, 0.15) is 5.75 Å². The Labute approximate surface area is 123 Å². The Kier molecular flexibility index (Phi) is 8.76. The fourth-order valence-corrected chi connectivity index (χ4v) is 1.85. The van der Waals surface area contributed by atoms with Crippen molar-refractivity contribution < 1.29 is 9.47 Å². The molecule has 0 fully saturated rings. The highest BCUT2D eigenvalue weighted by atomic mass is 16.5. The zero-order valence-corrected chi connectivity index (χ0v) is 12.9. The predicted molar refractivity (Wildman–Crippen MR) is 85.2 cm³/mol. The number of hydrogen-bond acceptors (Lipinski definition) is 3. The normalized spacial score (nSPS) is 11.7. The van der Waals surface area contributed by atoms with Crippen LogP contribution in [-0.2, 0) is 4.74 Å².